The Labute approximate surface area is 131 Å². The number of rotatable bonds is 3. The van der Waals surface area contributed by atoms with Crippen LogP contribution in [0.4, 0.5) is 4.79 Å². The summed E-state index contributed by atoms with van der Waals surface area (Å²) in [7, 11) is 0. The first-order valence-electron chi connectivity index (χ1n) is 7.61. The number of hydrogen-bond donors (Lipinski definition) is 0. The van der Waals surface area contributed by atoms with Gasteiger partial charge in [-0.15, -0.1) is 0 Å². The second-order valence-corrected chi connectivity index (χ2v) is 6.40. The standard InChI is InChI=1S/C17H23NO4/c1-17(2,3)22-16(20)18-11-7-6-10-15(18)21-14-9-5-4-8-13(14)12-19/h4-5,8-9,12,15H,6-7,10-11H2,1-3H3. The van der Waals surface area contributed by atoms with Gasteiger partial charge >= 0.3 is 6.09 Å². The van der Waals surface area contributed by atoms with Crippen molar-refractivity contribution in [1.82, 2.24) is 4.90 Å². The Morgan fingerprint density at radius 3 is 2.68 bits per heavy atom. The Morgan fingerprint density at radius 1 is 1.27 bits per heavy atom. The molecule has 1 aromatic rings. The van der Waals surface area contributed by atoms with Crippen molar-refractivity contribution in [3.63, 3.8) is 0 Å². The molecule has 1 amide bonds. The molecular formula is C17H23NO4. The molecule has 120 valence electrons. The number of carbonyl (C=O) groups is 2. The Kier molecular flexibility index (Phi) is 5.06. The number of ether oxygens (including phenoxy) is 2. The molecule has 1 aliphatic heterocycles. The lowest BCUT2D eigenvalue weighted by Crippen LogP contribution is -2.48. The fourth-order valence-electron chi connectivity index (χ4n) is 2.38. The number of para-hydroxylation sites is 1. The van der Waals surface area contributed by atoms with Crippen LogP contribution in [-0.2, 0) is 4.74 Å². The molecule has 0 spiro atoms. The van der Waals surface area contributed by atoms with Gasteiger partial charge in [-0.05, 0) is 45.7 Å². The molecule has 0 bridgehead atoms. The number of hydrogen-bond acceptors (Lipinski definition) is 4. The van der Waals surface area contributed by atoms with Gasteiger partial charge in [-0.2, -0.15) is 0 Å². The average Bonchev–Trinajstić information content (AvgIpc) is 2.46. The molecule has 1 aliphatic rings. The van der Waals surface area contributed by atoms with Crippen molar-refractivity contribution in [2.24, 2.45) is 0 Å². The summed E-state index contributed by atoms with van der Waals surface area (Å²) in [5, 5.41) is 0. The number of nitrogens with zero attached hydrogens (tertiary/aromatic N) is 1. The van der Waals surface area contributed by atoms with Crippen LogP contribution in [0.1, 0.15) is 50.4 Å². The molecule has 0 radical (unpaired) electrons. The number of carbonyl (C=O) groups excluding carboxylic acids is 2. The van der Waals surface area contributed by atoms with E-state index in [4.69, 9.17) is 9.47 Å². The molecule has 1 heterocycles. The Morgan fingerprint density at radius 2 is 2.00 bits per heavy atom. The van der Waals surface area contributed by atoms with E-state index in [2.05, 4.69) is 0 Å². The summed E-state index contributed by atoms with van der Waals surface area (Å²) in [5.41, 5.74) is -0.0584. The summed E-state index contributed by atoms with van der Waals surface area (Å²) in [6.45, 7) is 6.12. The van der Waals surface area contributed by atoms with E-state index in [1.54, 1.807) is 23.1 Å². The zero-order chi connectivity index (χ0) is 16.2. The van der Waals surface area contributed by atoms with Crippen molar-refractivity contribution >= 4 is 12.4 Å². The minimum atomic E-state index is -0.542. The number of amides is 1. The van der Waals surface area contributed by atoms with Crippen molar-refractivity contribution < 1.29 is 19.1 Å². The highest BCUT2D eigenvalue weighted by molar-refractivity contribution is 5.79. The summed E-state index contributed by atoms with van der Waals surface area (Å²) >= 11 is 0. The normalized spacial score (nSPS) is 18.7. The minimum Gasteiger partial charge on any atom is -0.470 e. The van der Waals surface area contributed by atoms with Gasteiger partial charge in [0.15, 0.2) is 12.5 Å². The van der Waals surface area contributed by atoms with Gasteiger partial charge in [0.2, 0.25) is 0 Å². The molecule has 1 fully saturated rings. The van der Waals surface area contributed by atoms with Gasteiger partial charge in [0.25, 0.3) is 0 Å². The van der Waals surface area contributed by atoms with Crippen molar-refractivity contribution in [3.05, 3.63) is 29.8 Å². The summed E-state index contributed by atoms with van der Waals surface area (Å²) in [5.74, 6) is 0.498. The fourth-order valence-corrected chi connectivity index (χ4v) is 2.38. The molecule has 22 heavy (non-hydrogen) atoms. The maximum atomic E-state index is 12.3. The number of likely N-dealkylation sites (tertiary alicyclic amines) is 1. The minimum absolute atomic E-state index is 0.374. The summed E-state index contributed by atoms with van der Waals surface area (Å²) in [6, 6.07) is 7.03. The highest BCUT2D eigenvalue weighted by Gasteiger charge is 2.32. The van der Waals surface area contributed by atoms with E-state index in [-0.39, 0.29) is 6.09 Å². The van der Waals surface area contributed by atoms with Crippen LogP contribution in [0.2, 0.25) is 0 Å². The fraction of sp³-hybridized carbons (Fsp3) is 0.529. The molecule has 0 N–H and O–H groups in total. The van der Waals surface area contributed by atoms with E-state index in [1.807, 2.05) is 26.8 Å². The van der Waals surface area contributed by atoms with Crippen LogP contribution in [0.5, 0.6) is 5.75 Å². The number of aldehydes is 1. The maximum absolute atomic E-state index is 12.3. The van der Waals surface area contributed by atoms with Crippen LogP contribution >= 0.6 is 0 Å². The van der Waals surface area contributed by atoms with Crippen LogP contribution in [0, 0.1) is 0 Å². The second kappa shape index (κ2) is 6.81. The molecule has 5 nitrogen and oxygen atoms in total. The van der Waals surface area contributed by atoms with Gasteiger partial charge in [0.05, 0.1) is 5.56 Å². The zero-order valence-corrected chi connectivity index (χ0v) is 13.4. The van der Waals surface area contributed by atoms with E-state index >= 15 is 0 Å². The van der Waals surface area contributed by atoms with Gasteiger partial charge in [0, 0.05) is 13.0 Å². The molecule has 2 rings (SSSR count). The molecule has 1 saturated heterocycles. The van der Waals surface area contributed by atoms with Gasteiger partial charge in [-0.25, -0.2) is 4.79 Å². The van der Waals surface area contributed by atoms with Crippen LogP contribution in [-0.4, -0.2) is 35.7 Å². The summed E-state index contributed by atoms with van der Waals surface area (Å²) in [4.78, 5) is 25.0. The zero-order valence-electron chi connectivity index (χ0n) is 13.4. The topological polar surface area (TPSA) is 55.8 Å². The van der Waals surface area contributed by atoms with Crippen LogP contribution in [0.15, 0.2) is 24.3 Å². The van der Waals surface area contributed by atoms with Crippen LogP contribution < -0.4 is 4.74 Å². The highest BCUT2D eigenvalue weighted by Crippen LogP contribution is 2.25. The third-order valence-electron chi connectivity index (χ3n) is 3.38. The van der Waals surface area contributed by atoms with Gasteiger partial charge in [-0.1, -0.05) is 12.1 Å². The molecule has 0 aliphatic carbocycles. The average molecular weight is 305 g/mol. The Balaban J connectivity index is 2.13. The van der Waals surface area contributed by atoms with Gasteiger partial charge in [0.1, 0.15) is 11.4 Å². The molecule has 5 heteroatoms. The lowest BCUT2D eigenvalue weighted by molar-refractivity contribution is -0.0343. The largest absolute Gasteiger partial charge is 0.470 e. The van der Waals surface area contributed by atoms with Gasteiger partial charge < -0.3 is 9.47 Å². The van der Waals surface area contributed by atoms with Crippen LogP contribution in [0.25, 0.3) is 0 Å². The molecular weight excluding hydrogens is 282 g/mol. The first-order chi connectivity index (χ1) is 10.4. The predicted molar refractivity (Wildman–Crippen MR) is 83.0 cm³/mol. The maximum Gasteiger partial charge on any atom is 0.413 e. The lowest BCUT2D eigenvalue weighted by atomic mass is 10.1. The Bertz CT molecular complexity index is 536. The van der Waals surface area contributed by atoms with Crippen LogP contribution in [0.3, 0.4) is 0 Å². The number of piperidine rings is 1. The first kappa shape index (κ1) is 16.3. The van der Waals surface area contributed by atoms with Crippen molar-refractivity contribution in [1.29, 1.82) is 0 Å². The van der Waals surface area contributed by atoms with Crippen molar-refractivity contribution in [2.75, 3.05) is 6.54 Å². The van der Waals surface area contributed by atoms with E-state index in [9.17, 15) is 9.59 Å². The molecule has 1 atom stereocenters. The molecule has 1 unspecified atom stereocenters. The quantitative estimate of drug-likeness (QED) is 0.800. The number of benzene rings is 1. The van der Waals surface area contributed by atoms with E-state index in [0.29, 0.717) is 17.9 Å². The first-order valence-corrected chi connectivity index (χ1v) is 7.61. The monoisotopic (exact) mass is 305 g/mol. The van der Waals surface area contributed by atoms with E-state index in [0.717, 1.165) is 25.5 Å². The third-order valence-corrected chi connectivity index (χ3v) is 3.38. The van der Waals surface area contributed by atoms with E-state index in [1.165, 1.54) is 0 Å². The third kappa shape index (κ3) is 4.23. The van der Waals surface area contributed by atoms with Crippen molar-refractivity contribution in [3.8, 4) is 5.75 Å². The molecule has 0 saturated carbocycles. The summed E-state index contributed by atoms with van der Waals surface area (Å²) in [6.07, 6.45) is 2.62. The van der Waals surface area contributed by atoms with E-state index < -0.39 is 11.8 Å². The smallest absolute Gasteiger partial charge is 0.413 e. The lowest BCUT2D eigenvalue weighted by Gasteiger charge is -2.36. The molecule has 1 aromatic carbocycles. The summed E-state index contributed by atoms with van der Waals surface area (Å²) < 4.78 is 11.4. The second-order valence-electron chi connectivity index (χ2n) is 6.40. The van der Waals surface area contributed by atoms with Crippen molar-refractivity contribution in [2.45, 2.75) is 51.9 Å². The Hall–Kier alpha value is -2.04. The molecule has 0 aromatic heterocycles. The SMILES string of the molecule is CC(C)(C)OC(=O)N1CCCCC1Oc1ccccc1C=O. The highest BCUT2D eigenvalue weighted by atomic mass is 16.6. The van der Waals surface area contributed by atoms with Gasteiger partial charge in [-0.3, -0.25) is 9.69 Å². The predicted octanol–water partition coefficient (Wildman–Crippen LogP) is 3.63.